The fraction of sp³-hybridized carbons (Fsp3) is 0.421. The van der Waals surface area contributed by atoms with E-state index in [9.17, 15) is 4.79 Å². The predicted octanol–water partition coefficient (Wildman–Crippen LogP) is 3.16. The van der Waals surface area contributed by atoms with Crippen LogP contribution in [0, 0.1) is 19.3 Å². The molecule has 0 bridgehead atoms. The molecular formula is C19H25N3O2. The minimum atomic E-state index is -0.112. The molecule has 0 aliphatic carbocycles. The average Bonchev–Trinajstić information content (AvgIpc) is 2.52. The number of nitrogens with one attached hydrogen (secondary N) is 1. The minimum absolute atomic E-state index is 0.106. The Bertz CT molecular complexity index is 706. The van der Waals surface area contributed by atoms with Gasteiger partial charge in [-0.15, -0.1) is 0 Å². The number of hydrogen-bond donors (Lipinski definition) is 1. The van der Waals surface area contributed by atoms with Crippen molar-refractivity contribution in [3.05, 3.63) is 47.3 Å². The van der Waals surface area contributed by atoms with E-state index < -0.39 is 0 Å². The highest BCUT2D eigenvalue weighted by atomic mass is 16.5. The summed E-state index contributed by atoms with van der Waals surface area (Å²) in [4.78, 5) is 21.3. The summed E-state index contributed by atoms with van der Waals surface area (Å²) in [6, 6.07) is 9.32. The molecule has 24 heavy (non-hydrogen) atoms. The first-order valence-corrected chi connectivity index (χ1v) is 8.00. The van der Waals surface area contributed by atoms with Crippen molar-refractivity contribution in [1.82, 2.24) is 15.3 Å². The summed E-state index contributed by atoms with van der Waals surface area (Å²) < 4.78 is 5.18. The van der Waals surface area contributed by atoms with Gasteiger partial charge in [-0.25, -0.2) is 9.97 Å². The van der Waals surface area contributed by atoms with Crippen molar-refractivity contribution in [3.63, 3.8) is 0 Å². The molecule has 0 radical (unpaired) electrons. The Morgan fingerprint density at radius 3 is 2.46 bits per heavy atom. The number of aromatic nitrogens is 2. The lowest BCUT2D eigenvalue weighted by atomic mass is 9.94. The van der Waals surface area contributed by atoms with E-state index in [1.165, 1.54) is 0 Å². The number of hydrogen-bond acceptors (Lipinski definition) is 4. The Kier molecular flexibility index (Phi) is 5.67. The van der Waals surface area contributed by atoms with Gasteiger partial charge in [0.1, 0.15) is 0 Å². The Morgan fingerprint density at radius 1 is 1.17 bits per heavy atom. The standard InChI is InChI=1S/C19H25N3O2/c1-13-9-14(2)22-17(21-13)15-7-6-8-16(10-15)18(23)20-11-19(3,4)12-24-5/h6-10H,11-12H2,1-5H3,(H,20,23). The Labute approximate surface area is 143 Å². The van der Waals surface area contributed by atoms with E-state index in [1.54, 1.807) is 13.2 Å². The van der Waals surface area contributed by atoms with E-state index in [0.717, 1.165) is 17.0 Å². The van der Waals surface area contributed by atoms with Gasteiger partial charge in [0, 0.05) is 41.6 Å². The second-order valence-corrected chi connectivity index (χ2v) is 6.84. The fourth-order valence-electron chi connectivity index (χ4n) is 2.52. The molecular weight excluding hydrogens is 302 g/mol. The topological polar surface area (TPSA) is 64.1 Å². The van der Waals surface area contributed by atoms with Crippen LogP contribution in [0.15, 0.2) is 30.3 Å². The molecule has 1 heterocycles. The van der Waals surface area contributed by atoms with Gasteiger partial charge in [-0.3, -0.25) is 4.79 Å². The van der Waals surface area contributed by atoms with Crippen molar-refractivity contribution >= 4 is 5.91 Å². The van der Waals surface area contributed by atoms with E-state index >= 15 is 0 Å². The molecule has 1 aromatic heterocycles. The summed E-state index contributed by atoms with van der Waals surface area (Å²) in [5.74, 6) is 0.535. The zero-order valence-electron chi connectivity index (χ0n) is 15.0. The second kappa shape index (κ2) is 7.53. The number of amides is 1. The maximum Gasteiger partial charge on any atom is 0.251 e. The average molecular weight is 327 g/mol. The zero-order valence-corrected chi connectivity index (χ0v) is 15.0. The van der Waals surface area contributed by atoms with E-state index in [2.05, 4.69) is 29.1 Å². The zero-order chi connectivity index (χ0) is 17.7. The number of methoxy groups -OCH3 is 1. The molecule has 0 spiro atoms. The molecule has 128 valence electrons. The van der Waals surface area contributed by atoms with Crippen LogP contribution in [-0.4, -0.2) is 36.1 Å². The minimum Gasteiger partial charge on any atom is -0.384 e. The lowest BCUT2D eigenvalue weighted by Crippen LogP contribution is -2.36. The summed E-state index contributed by atoms with van der Waals surface area (Å²) in [6.45, 7) is 9.11. The normalized spacial score (nSPS) is 11.4. The number of ether oxygens (including phenoxy) is 1. The number of carbonyl (C=O) groups is 1. The molecule has 0 saturated heterocycles. The van der Waals surface area contributed by atoms with Crippen molar-refractivity contribution in [2.75, 3.05) is 20.3 Å². The number of benzene rings is 1. The highest BCUT2D eigenvalue weighted by molar-refractivity contribution is 5.95. The summed E-state index contributed by atoms with van der Waals surface area (Å²) >= 11 is 0. The largest absolute Gasteiger partial charge is 0.384 e. The molecule has 5 heteroatoms. The van der Waals surface area contributed by atoms with Gasteiger partial charge >= 0.3 is 0 Å². The highest BCUT2D eigenvalue weighted by Gasteiger charge is 2.19. The molecule has 2 rings (SSSR count). The summed E-state index contributed by atoms with van der Waals surface area (Å²) in [5, 5.41) is 2.97. The smallest absolute Gasteiger partial charge is 0.251 e. The van der Waals surface area contributed by atoms with Crippen LogP contribution in [0.25, 0.3) is 11.4 Å². The fourth-order valence-corrected chi connectivity index (χ4v) is 2.52. The molecule has 1 aromatic carbocycles. The first-order valence-electron chi connectivity index (χ1n) is 8.00. The molecule has 0 aliphatic heterocycles. The molecule has 5 nitrogen and oxygen atoms in total. The lowest BCUT2D eigenvalue weighted by molar-refractivity contribution is 0.0847. The van der Waals surface area contributed by atoms with Crippen molar-refractivity contribution in [2.24, 2.45) is 5.41 Å². The first kappa shape index (κ1) is 18.1. The van der Waals surface area contributed by atoms with Crippen molar-refractivity contribution in [2.45, 2.75) is 27.7 Å². The predicted molar refractivity (Wildman–Crippen MR) is 94.9 cm³/mol. The van der Waals surface area contributed by atoms with E-state index in [-0.39, 0.29) is 11.3 Å². The van der Waals surface area contributed by atoms with Crippen LogP contribution in [-0.2, 0) is 4.74 Å². The molecule has 0 unspecified atom stereocenters. The van der Waals surface area contributed by atoms with Gasteiger partial charge in [-0.1, -0.05) is 26.0 Å². The van der Waals surface area contributed by atoms with Gasteiger partial charge < -0.3 is 10.1 Å². The number of rotatable bonds is 6. The maximum atomic E-state index is 12.4. The van der Waals surface area contributed by atoms with Gasteiger partial charge in [0.2, 0.25) is 0 Å². The van der Waals surface area contributed by atoms with Gasteiger partial charge in [0.25, 0.3) is 5.91 Å². The number of nitrogens with zero attached hydrogens (tertiary/aromatic N) is 2. The quantitative estimate of drug-likeness (QED) is 0.885. The molecule has 0 saturated carbocycles. The number of aryl methyl sites for hydroxylation is 2. The molecule has 2 aromatic rings. The monoisotopic (exact) mass is 327 g/mol. The van der Waals surface area contributed by atoms with Crippen LogP contribution in [0.4, 0.5) is 0 Å². The Hall–Kier alpha value is -2.27. The summed E-state index contributed by atoms with van der Waals surface area (Å²) in [5.41, 5.74) is 3.15. The number of carbonyl (C=O) groups excluding carboxylic acids is 1. The first-order chi connectivity index (χ1) is 11.3. The maximum absolute atomic E-state index is 12.4. The Balaban J connectivity index is 2.16. The van der Waals surface area contributed by atoms with Crippen molar-refractivity contribution in [3.8, 4) is 11.4 Å². The molecule has 1 amide bonds. The third kappa shape index (κ3) is 4.86. The molecule has 0 fully saturated rings. The van der Waals surface area contributed by atoms with Crippen LogP contribution in [0.2, 0.25) is 0 Å². The van der Waals surface area contributed by atoms with Crippen LogP contribution in [0.1, 0.15) is 35.6 Å². The third-order valence-electron chi connectivity index (χ3n) is 3.63. The molecule has 1 N–H and O–H groups in total. The summed E-state index contributed by atoms with van der Waals surface area (Å²) in [7, 11) is 1.66. The van der Waals surface area contributed by atoms with E-state index in [0.29, 0.717) is 24.5 Å². The third-order valence-corrected chi connectivity index (χ3v) is 3.63. The second-order valence-electron chi connectivity index (χ2n) is 6.84. The SMILES string of the molecule is COCC(C)(C)CNC(=O)c1cccc(-c2nc(C)cc(C)n2)c1. The summed E-state index contributed by atoms with van der Waals surface area (Å²) in [6.07, 6.45) is 0. The van der Waals surface area contributed by atoms with Crippen molar-refractivity contribution < 1.29 is 9.53 Å². The van der Waals surface area contributed by atoms with Gasteiger partial charge in [0.15, 0.2) is 5.82 Å². The molecule has 0 aliphatic rings. The highest BCUT2D eigenvalue weighted by Crippen LogP contribution is 2.18. The lowest BCUT2D eigenvalue weighted by Gasteiger charge is -2.23. The van der Waals surface area contributed by atoms with Crippen LogP contribution in [0.3, 0.4) is 0 Å². The Morgan fingerprint density at radius 2 is 1.83 bits per heavy atom. The van der Waals surface area contributed by atoms with Crippen LogP contribution >= 0.6 is 0 Å². The van der Waals surface area contributed by atoms with E-state index in [4.69, 9.17) is 4.74 Å². The van der Waals surface area contributed by atoms with E-state index in [1.807, 2.05) is 38.1 Å². The van der Waals surface area contributed by atoms with Crippen molar-refractivity contribution in [1.29, 1.82) is 0 Å². The van der Waals surface area contributed by atoms with Crippen LogP contribution < -0.4 is 5.32 Å². The van der Waals surface area contributed by atoms with Gasteiger partial charge in [-0.2, -0.15) is 0 Å². The van der Waals surface area contributed by atoms with Crippen LogP contribution in [0.5, 0.6) is 0 Å². The van der Waals surface area contributed by atoms with Gasteiger partial charge in [-0.05, 0) is 32.0 Å². The molecule has 0 atom stereocenters. The van der Waals surface area contributed by atoms with Gasteiger partial charge in [0.05, 0.1) is 6.61 Å².